The van der Waals surface area contributed by atoms with Crippen LogP contribution in [0.1, 0.15) is 75.0 Å². The lowest BCUT2D eigenvalue weighted by atomic mass is 9.77. The largest absolute Gasteiger partial charge is 0.491 e. The average Bonchev–Trinajstić information content (AvgIpc) is 2.73. The Morgan fingerprint density at radius 3 is 2.30 bits per heavy atom. The highest BCUT2D eigenvalue weighted by Crippen LogP contribution is 2.38. The number of hydrogen-bond acceptors (Lipinski definition) is 3. The van der Waals surface area contributed by atoms with Crippen molar-refractivity contribution < 1.29 is 18.3 Å². The van der Waals surface area contributed by atoms with Gasteiger partial charge in [-0.1, -0.05) is 31.9 Å². The van der Waals surface area contributed by atoms with Gasteiger partial charge in [0.2, 0.25) is 10.9 Å². The lowest BCUT2D eigenvalue weighted by molar-refractivity contribution is 0.308. The van der Waals surface area contributed by atoms with E-state index < -0.39 is 11.6 Å². The molecule has 30 heavy (non-hydrogen) atoms. The Balaban J connectivity index is 1.67. The van der Waals surface area contributed by atoms with Crippen LogP contribution in [-0.2, 0) is 0 Å². The summed E-state index contributed by atoms with van der Waals surface area (Å²) in [6.45, 7) is 5.88. The molecule has 0 aromatic heterocycles. The Bertz CT molecular complexity index is 872. The molecule has 1 aliphatic carbocycles. The fourth-order valence-corrected chi connectivity index (χ4v) is 4.74. The zero-order valence-electron chi connectivity index (χ0n) is 18.0. The molecule has 5 heteroatoms. The first kappa shape index (κ1) is 22.7. The van der Waals surface area contributed by atoms with Gasteiger partial charge < -0.3 is 9.47 Å². The van der Waals surface area contributed by atoms with Crippen LogP contribution in [0.15, 0.2) is 30.3 Å². The highest BCUT2D eigenvalue weighted by molar-refractivity contribution is 7.80. The normalized spacial score (nSPS) is 18.8. The van der Waals surface area contributed by atoms with E-state index in [1.807, 2.05) is 12.1 Å². The van der Waals surface area contributed by atoms with E-state index >= 15 is 0 Å². The molecular weight excluding hydrogens is 402 g/mol. The molecule has 0 heterocycles. The summed E-state index contributed by atoms with van der Waals surface area (Å²) >= 11 is 5.27. The molecule has 0 spiro atoms. The fraction of sp³-hybridized carbons (Fsp3) is 0.480. The third kappa shape index (κ3) is 5.18. The van der Waals surface area contributed by atoms with Crippen LogP contribution >= 0.6 is 12.2 Å². The first-order chi connectivity index (χ1) is 14.4. The van der Waals surface area contributed by atoms with Crippen LogP contribution < -0.4 is 9.47 Å². The highest BCUT2D eigenvalue weighted by atomic mass is 32.1. The standard InChI is InChI=1S/C25H30F2O2S/c1-4-6-17-7-9-18(10-8-17)19-11-13-20(14-12-19)29-25(30)22-16(3)15-21(28-5-2)23(26)24(22)27/h11-15,17-18H,4-10H2,1-3H3. The van der Waals surface area contributed by atoms with Crippen LogP contribution in [-0.4, -0.2) is 11.7 Å². The molecule has 1 saturated carbocycles. The van der Waals surface area contributed by atoms with Crippen molar-refractivity contribution in [3.63, 3.8) is 0 Å². The maximum Gasteiger partial charge on any atom is 0.201 e. The van der Waals surface area contributed by atoms with E-state index in [2.05, 4.69) is 19.1 Å². The predicted molar refractivity (Wildman–Crippen MR) is 121 cm³/mol. The molecule has 2 aromatic carbocycles. The average molecular weight is 433 g/mol. The van der Waals surface area contributed by atoms with E-state index in [0.29, 0.717) is 17.2 Å². The Hall–Kier alpha value is -2.01. The van der Waals surface area contributed by atoms with Crippen LogP contribution in [0.5, 0.6) is 11.5 Å². The van der Waals surface area contributed by atoms with E-state index in [0.717, 1.165) is 5.92 Å². The van der Waals surface area contributed by atoms with E-state index in [4.69, 9.17) is 21.7 Å². The Labute approximate surface area is 183 Å². The molecule has 0 saturated heterocycles. The molecular formula is C25H30F2O2S. The van der Waals surface area contributed by atoms with E-state index in [1.54, 1.807) is 13.8 Å². The number of hydrogen-bond donors (Lipinski definition) is 0. The van der Waals surface area contributed by atoms with Gasteiger partial charge in [0.1, 0.15) is 5.75 Å². The van der Waals surface area contributed by atoms with Gasteiger partial charge in [0.15, 0.2) is 11.6 Å². The van der Waals surface area contributed by atoms with Crippen molar-refractivity contribution in [2.24, 2.45) is 5.92 Å². The lowest BCUT2D eigenvalue weighted by Crippen LogP contribution is -2.14. The van der Waals surface area contributed by atoms with Gasteiger partial charge in [-0.25, -0.2) is 4.39 Å². The zero-order chi connectivity index (χ0) is 21.7. The van der Waals surface area contributed by atoms with Gasteiger partial charge in [-0.2, -0.15) is 4.39 Å². The molecule has 3 rings (SSSR count). The van der Waals surface area contributed by atoms with E-state index in [-0.39, 0.29) is 23.0 Å². The van der Waals surface area contributed by atoms with Crippen LogP contribution in [0.25, 0.3) is 0 Å². The third-order valence-corrected chi connectivity index (χ3v) is 6.27. The maximum atomic E-state index is 14.6. The van der Waals surface area contributed by atoms with Crippen LogP contribution in [0.4, 0.5) is 8.78 Å². The highest BCUT2D eigenvalue weighted by Gasteiger charge is 2.23. The van der Waals surface area contributed by atoms with Crippen LogP contribution in [0.3, 0.4) is 0 Å². The van der Waals surface area contributed by atoms with Crippen molar-refractivity contribution in [1.29, 1.82) is 0 Å². The van der Waals surface area contributed by atoms with E-state index in [9.17, 15) is 8.78 Å². The quantitative estimate of drug-likeness (QED) is 0.422. The molecule has 0 radical (unpaired) electrons. The molecule has 0 aliphatic heterocycles. The zero-order valence-corrected chi connectivity index (χ0v) is 18.8. The summed E-state index contributed by atoms with van der Waals surface area (Å²) in [6, 6.07) is 9.29. The first-order valence-electron chi connectivity index (χ1n) is 10.9. The van der Waals surface area contributed by atoms with Gasteiger partial charge in [-0.15, -0.1) is 0 Å². The van der Waals surface area contributed by atoms with Crippen molar-refractivity contribution >= 4 is 17.3 Å². The summed E-state index contributed by atoms with van der Waals surface area (Å²) in [6.07, 6.45) is 7.63. The third-order valence-electron chi connectivity index (χ3n) is 5.98. The van der Waals surface area contributed by atoms with E-state index in [1.165, 1.54) is 50.2 Å². The number of ether oxygens (including phenoxy) is 2. The second-order valence-electron chi connectivity index (χ2n) is 8.09. The molecule has 2 nitrogen and oxygen atoms in total. The maximum absolute atomic E-state index is 14.6. The molecule has 0 atom stereocenters. The number of thiocarbonyl (C=S) groups is 1. The summed E-state index contributed by atoms with van der Waals surface area (Å²) in [4.78, 5) is 0. The lowest BCUT2D eigenvalue weighted by Gasteiger charge is -2.28. The van der Waals surface area contributed by atoms with Gasteiger partial charge >= 0.3 is 0 Å². The Morgan fingerprint density at radius 2 is 1.70 bits per heavy atom. The Morgan fingerprint density at radius 1 is 1.03 bits per heavy atom. The van der Waals surface area contributed by atoms with Crippen LogP contribution in [0.2, 0.25) is 0 Å². The molecule has 1 aliphatic rings. The second-order valence-corrected chi connectivity index (χ2v) is 8.46. The molecule has 162 valence electrons. The smallest absolute Gasteiger partial charge is 0.201 e. The summed E-state index contributed by atoms with van der Waals surface area (Å²) in [5.41, 5.74) is 1.74. The fourth-order valence-electron chi connectivity index (χ4n) is 4.39. The monoisotopic (exact) mass is 432 g/mol. The number of rotatable bonds is 7. The predicted octanol–water partition coefficient (Wildman–Crippen LogP) is 7.50. The summed E-state index contributed by atoms with van der Waals surface area (Å²) in [5.74, 6) is -0.215. The minimum absolute atomic E-state index is 0.0377. The van der Waals surface area contributed by atoms with Gasteiger partial charge in [-0.05, 0) is 92.9 Å². The summed E-state index contributed by atoms with van der Waals surface area (Å²) in [7, 11) is 0. The van der Waals surface area contributed by atoms with Crippen molar-refractivity contribution in [3.8, 4) is 11.5 Å². The molecule has 0 unspecified atom stereocenters. The SMILES string of the molecule is CCCC1CCC(c2ccc(OC(=S)c3c(C)cc(OCC)c(F)c3F)cc2)CC1. The van der Waals surface area contributed by atoms with Gasteiger partial charge in [0.25, 0.3) is 0 Å². The minimum atomic E-state index is -1.04. The van der Waals surface area contributed by atoms with Crippen molar-refractivity contribution in [3.05, 3.63) is 58.7 Å². The molecule has 1 fully saturated rings. The van der Waals surface area contributed by atoms with Gasteiger partial charge in [-0.3, -0.25) is 0 Å². The molecule has 0 bridgehead atoms. The van der Waals surface area contributed by atoms with Gasteiger partial charge in [0.05, 0.1) is 12.2 Å². The van der Waals surface area contributed by atoms with Crippen LogP contribution in [0, 0.1) is 24.5 Å². The van der Waals surface area contributed by atoms with Crippen molar-refractivity contribution in [1.82, 2.24) is 0 Å². The molecule has 2 aromatic rings. The molecule has 0 amide bonds. The number of benzene rings is 2. The first-order valence-corrected chi connectivity index (χ1v) is 11.3. The van der Waals surface area contributed by atoms with Crippen molar-refractivity contribution in [2.45, 2.75) is 65.2 Å². The Kier molecular flexibility index (Phi) is 7.81. The summed E-state index contributed by atoms with van der Waals surface area (Å²) in [5, 5.41) is -0.0835. The minimum Gasteiger partial charge on any atom is -0.491 e. The summed E-state index contributed by atoms with van der Waals surface area (Å²) < 4.78 is 39.7. The number of halogens is 2. The van der Waals surface area contributed by atoms with Crippen molar-refractivity contribution in [2.75, 3.05) is 6.61 Å². The second kappa shape index (κ2) is 10.3. The molecule has 0 N–H and O–H groups in total. The van der Waals surface area contributed by atoms with Gasteiger partial charge in [0, 0.05) is 0 Å². The topological polar surface area (TPSA) is 18.5 Å². The number of aryl methyl sites for hydroxylation is 1.